The predicted molar refractivity (Wildman–Crippen MR) is 90.3 cm³/mol. The van der Waals surface area contributed by atoms with Crippen molar-refractivity contribution in [3.63, 3.8) is 0 Å². The zero-order valence-electron chi connectivity index (χ0n) is 15.5. The summed E-state index contributed by atoms with van der Waals surface area (Å²) in [4.78, 5) is 27.2. The first-order chi connectivity index (χ1) is 13.0. The fraction of sp³-hybridized carbons (Fsp3) is 0.562. The lowest BCUT2D eigenvalue weighted by Gasteiger charge is -2.35. The predicted octanol–water partition coefficient (Wildman–Crippen LogP) is 2.60. The molecule has 0 unspecified atom stereocenters. The Hall–Kier alpha value is -2.92. The third kappa shape index (κ3) is 4.67. The van der Waals surface area contributed by atoms with Crippen molar-refractivity contribution in [1.29, 1.82) is 0 Å². The molecule has 1 amide bonds. The molecule has 3 rings (SSSR count). The molecule has 0 aromatic carbocycles. The van der Waals surface area contributed by atoms with Gasteiger partial charge >= 0.3 is 18.2 Å². The van der Waals surface area contributed by atoms with Crippen LogP contribution < -0.4 is 4.90 Å². The normalized spacial score (nSPS) is 15.6. The molecule has 1 saturated heterocycles. The van der Waals surface area contributed by atoms with Gasteiger partial charge in [0.25, 0.3) is 0 Å². The highest BCUT2D eigenvalue weighted by Gasteiger charge is 2.38. The monoisotopic (exact) mass is 400 g/mol. The van der Waals surface area contributed by atoms with Crippen molar-refractivity contribution in [3.8, 4) is 11.4 Å². The number of carbonyl (C=O) groups excluding carboxylic acids is 1. The molecular weight excluding hydrogens is 381 g/mol. The lowest BCUT2D eigenvalue weighted by atomic mass is 10.2. The molecule has 28 heavy (non-hydrogen) atoms. The molecule has 1 aliphatic rings. The Morgan fingerprint density at radius 1 is 1.11 bits per heavy atom. The number of amides is 1. The smallest absolute Gasteiger partial charge is 0.444 e. The number of hydrogen-bond donors (Lipinski definition) is 0. The molecule has 0 bridgehead atoms. The second-order valence-corrected chi connectivity index (χ2v) is 7.15. The van der Waals surface area contributed by atoms with Gasteiger partial charge in [-0.05, 0) is 20.8 Å². The van der Waals surface area contributed by atoms with Crippen molar-refractivity contribution in [3.05, 3.63) is 18.3 Å². The minimum Gasteiger partial charge on any atom is -0.444 e. The lowest BCUT2D eigenvalue weighted by molar-refractivity contribution is -0.159. The van der Waals surface area contributed by atoms with Crippen LogP contribution in [0, 0.1) is 0 Å². The Bertz CT molecular complexity index is 823. The number of carbonyl (C=O) groups is 1. The van der Waals surface area contributed by atoms with Gasteiger partial charge in [0, 0.05) is 38.6 Å². The van der Waals surface area contributed by atoms with Crippen molar-refractivity contribution >= 4 is 12.0 Å². The van der Waals surface area contributed by atoms with E-state index in [1.165, 1.54) is 12.4 Å². The summed E-state index contributed by atoms with van der Waals surface area (Å²) >= 11 is 0. The van der Waals surface area contributed by atoms with Crippen LogP contribution in [0.4, 0.5) is 23.9 Å². The van der Waals surface area contributed by atoms with Crippen LogP contribution in [0.5, 0.6) is 0 Å². The van der Waals surface area contributed by atoms with Gasteiger partial charge in [0.1, 0.15) is 5.60 Å². The van der Waals surface area contributed by atoms with Crippen LogP contribution in [0.25, 0.3) is 11.4 Å². The number of aromatic nitrogens is 4. The van der Waals surface area contributed by atoms with Crippen LogP contribution in [0.2, 0.25) is 0 Å². The molecule has 152 valence electrons. The molecule has 0 radical (unpaired) electrons. The highest BCUT2D eigenvalue weighted by molar-refractivity contribution is 5.68. The number of ether oxygens (including phenoxy) is 1. The average Bonchev–Trinajstić information content (AvgIpc) is 3.11. The molecule has 12 heteroatoms. The largest absolute Gasteiger partial charge is 0.471 e. The molecule has 2 aromatic heterocycles. The van der Waals surface area contributed by atoms with E-state index in [1.807, 2.05) is 4.90 Å². The van der Waals surface area contributed by atoms with Crippen LogP contribution >= 0.6 is 0 Å². The summed E-state index contributed by atoms with van der Waals surface area (Å²) in [7, 11) is 0. The van der Waals surface area contributed by atoms with E-state index in [0.717, 1.165) is 0 Å². The van der Waals surface area contributed by atoms with Gasteiger partial charge in [-0.15, -0.1) is 0 Å². The van der Waals surface area contributed by atoms with Crippen LogP contribution in [-0.2, 0) is 10.9 Å². The maximum Gasteiger partial charge on any atom is 0.471 e. The zero-order chi connectivity index (χ0) is 20.5. The molecule has 2 aromatic rings. The molecule has 9 nitrogen and oxygen atoms in total. The van der Waals surface area contributed by atoms with Crippen LogP contribution in [-0.4, -0.2) is 62.9 Å². The van der Waals surface area contributed by atoms with E-state index in [1.54, 1.807) is 25.7 Å². The van der Waals surface area contributed by atoms with Gasteiger partial charge in [-0.3, -0.25) is 0 Å². The lowest BCUT2D eigenvalue weighted by Crippen LogP contribution is -2.50. The molecule has 0 aliphatic carbocycles. The average molecular weight is 400 g/mol. The Balaban J connectivity index is 1.61. The number of nitrogens with zero attached hydrogens (tertiary/aromatic N) is 6. The van der Waals surface area contributed by atoms with Gasteiger partial charge < -0.3 is 19.1 Å². The zero-order valence-corrected chi connectivity index (χ0v) is 15.5. The fourth-order valence-corrected chi connectivity index (χ4v) is 2.47. The van der Waals surface area contributed by atoms with Gasteiger partial charge in [-0.2, -0.15) is 18.2 Å². The SMILES string of the molecule is CC(C)(C)OC(=O)N1CCN(c2ncc(-c3noc(C(F)(F)F)n3)cn2)CC1. The first kappa shape index (κ1) is 19.8. The summed E-state index contributed by atoms with van der Waals surface area (Å²) in [6, 6.07) is 0. The summed E-state index contributed by atoms with van der Waals surface area (Å²) in [5.41, 5.74) is -0.357. The van der Waals surface area contributed by atoms with Gasteiger partial charge in [0.15, 0.2) is 0 Å². The van der Waals surface area contributed by atoms with E-state index in [2.05, 4.69) is 24.6 Å². The molecule has 1 fully saturated rings. The van der Waals surface area contributed by atoms with Crippen molar-refractivity contribution < 1.29 is 27.2 Å². The quantitative estimate of drug-likeness (QED) is 0.759. The Morgan fingerprint density at radius 2 is 1.71 bits per heavy atom. The van der Waals surface area contributed by atoms with Gasteiger partial charge in [-0.1, -0.05) is 5.16 Å². The summed E-state index contributed by atoms with van der Waals surface area (Å²) in [6.45, 7) is 7.30. The second kappa shape index (κ2) is 7.24. The van der Waals surface area contributed by atoms with E-state index >= 15 is 0 Å². The summed E-state index contributed by atoms with van der Waals surface area (Å²) < 4.78 is 47.1. The van der Waals surface area contributed by atoms with E-state index < -0.39 is 17.7 Å². The fourth-order valence-electron chi connectivity index (χ4n) is 2.47. The van der Waals surface area contributed by atoms with E-state index in [0.29, 0.717) is 32.1 Å². The molecule has 0 atom stereocenters. The van der Waals surface area contributed by atoms with Crippen molar-refractivity contribution in [2.24, 2.45) is 0 Å². The minimum absolute atomic E-state index is 0.204. The number of piperazine rings is 1. The van der Waals surface area contributed by atoms with E-state index in [9.17, 15) is 18.0 Å². The topological polar surface area (TPSA) is 97.5 Å². The highest BCUT2D eigenvalue weighted by Crippen LogP contribution is 2.29. The maximum atomic E-state index is 12.5. The standard InChI is InChI=1S/C16H19F3N6O3/c1-15(2,3)27-14(26)25-6-4-24(5-7-25)13-20-8-10(9-21-13)11-22-12(28-23-11)16(17,18)19/h8-9H,4-7H2,1-3H3. The highest BCUT2D eigenvalue weighted by atomic mass is 19.4. The Kier molecular flexibility index (Phi) is 5.13. The van der Waals surface area contributed by atoms with Crippen molar-refractivity contribution in [2.45, 2.75) is 32.5 Å². The molecule has 3 heterocycles. The maximum absolute atomic E-state index is 12.5. The first-order valence-corrected chi connectivity index (χ1v) is 8.49. The van der Waals surface area contributed by atoms with Gasteiger partial charge in [0.05, 0.1) is 5.56 Å². The van der Waals surface area contributed by atoms with E-state index in [-0.39, 0.29) is 17.5 Å². The third-order valence-electron chi connectivity index (χ3n) is 3.78. The molecule has 0 N–H and O–H groups in total. The molecule has 0 saturated carbocycles. The van der Waals surface area contributed by atoms with Gasteiger partial charge in [-0.25, -0.2) is 14.8 Å². The summed E-state index contributed by atoms with van der Waals surface area (Å²) in [5.74, 6) is -1.27. The molecular formula is C16H19F3N6O3. The van der Waals surface area contributed by atoms with Crippen molar-refractivity contribution in [1.82, 2.24) is 25.0 Å². The van der Waals surface area contributed by atoms with Crippen LogP contribution in [0.15, 0.2) is 16.9 Å². The minimum atomic E-state index is -4.71. The summed E-state index contributed by atoms with van der Waals surface area (Å²) in [5, 5.41) is 3.30. The van der Waals surface area contributed by atoms with E-state index in [4.69, 9.17) is 4.74 Å². The number of anilines is 1. The van der Waals surface area contributed by atoms with Crippen LogP contribution in [0.1, 0.15) is 26.7 Å². The van der Waals surface area contributed by atoms with Crippen molar-refractivity contribution in [2.75, 3.05) is 31.1 Å². The number of hydrogen-bond acceptors (Lipinski definition) is 8. The van der Waals surface area contributed by atoms with Crippen LogP contribution in [0.3, 0.4) is 0 Å². The third-order valence-corrected chi connectivity index (χ3v) is 3.78. The number of alkyl halides is 3. The first-order valence-electron chi connectivity index (χ1n) is 8.49. The Morgan fingerprint density at radius 3 is 2.21 bits per heavy atom. The number of rotatable bonds is 2. The molecule has 0 spiro atoms. The summed E-state index contributed by atoms with van der Waals surface area (Å²) in [6.07, 6.45) is -2.43. The van der Waals surface area contributed by atoms with Gasteiger partial charge in [0.2, 0.25) is 11.8 Å². The Labute approximate surface area is 158 Å². The second-order valence-electron chi connectivity index (χ2n) is 7.15. The number of halogens is 3. The molecule has 1 aliphatic heterocycles.